The lowest BCUT2D eigenvalue weighted by molar-refractivity contribution is -0.154. The van der Waals surface area contributed by atoms with Crippen LogP contribution in [0.15, 0.2) is 5.16 Å². The van der Waals surface area contributed by atoms with E-state index in [1.54, 1.807) is 0 Å². The number of primary amides is 1. The molecule has 0 saturated carbocycles. The second kappa shape index (κ2) is 6.16. The Morgan fingerprint density at radius 1 is 1.44 bits per heavy atom. The molecular formula is C7H13F3N4O2. The highest BCUT2D eigenvalue weighted by molar-refractivity contribution is 5.83. The highest BCUT2D eigenvalue weighted by atomic mass is 19.4. The molecule has 6 nitrogen and oxygen atoms in total. The first-order valence-electron chi connectivity index (χ1n) is 4.32. The maximum absolute atomic E-state index is 12.3. The first-order valence-corrected chi connectivity index (χ1v) is 4.32. The van der Waals surface area contributed by atoms with E-state index >= 15 is 0 Å². The molecule has 0 aromatic heterocycles. The van der Waals surface area contributed by atoms with Crippen LogP contribution in [-0.2, 0) is 4.79 Å². The Kier molecular flexibility index (Phi) is 5.57. The molecule has 0 aromatic carbocycles. The van der Waals surface area contributed by atoms with E-state index in [4.69, 9.17) is 16.7 Å². The van der Waals surface area contributed by atoms with E-state index in [1.165, 1.54) is 0 Å². The van der Waals surface area contributed by atoms with Crippen molar-refractivity contribution in [2.75, 3.05) is 13.1 Å². The molecule has 1 amide bonds. The van der Waals surface area contributed by atoms with Crippen LogP contribution in [0, 0.1) is 5.92 Å². The van der Waals surface area contributed by atoms with Gasteiger partial charge < -0.3 is 22.0 Å². The molecule has 0 aliphatic heterocycles. The SMILES string of the molecule is NC(=O)CCNCC(C(N)=NO)C(F)(F)F. The minimum atomic E-state index is -4.62. The second-order valence-electron chi connectivity index (χ2n) is 3.04. The van der Waals surface area contributed by atoms with Crippen molar-refractivity contribution in [2.24, 2.45) is 22.5 Å². The van der Waals surface area contributed by atoms with Gasteiger partial charge in [0.15, 0.2) is 5.84 Å². The molecule has 0 fully saturated rings. The van der Waals surface area contributed by atoms with Gasteiger partial charge in [-0.15, -0.1) is 0 Å². The summed E-state index contributed by atoms with van der Waals surface area (Å²) in [6.45, 7) is -0.576. The number of hydrogen-bond donors (Lipinski definition) is 4. The predicted molar refractivity (Wildman–Crippen MR) is 49.6 cm³/mol. The summed E-state index contributed by atoms with van der Waals surface area (Å²) in [5, 5.41) is 12.8. The number of nitrogens with two attached hydrogens (primary N) is 2. The van der Waals surface area contributed by atoms with Gasteiger partial charge in [0.2, 0.25) is 5.91 Å². The molecule has 0 aliphatic carbocycles. The van der Waals surface area contributed by atoms with Gasteiger partial charge in [-0.3, -0.25) is 4.79 Å². The van der Waals surface area contributed by atoms with Crippen molar-refractivity contribution in [3.63, 3.8) is 0 Å². The Hall–Kier alpha value is -1.51. The van der Waals surface area contributed by atoms with Crippen molar-refractivity contribution in [1.82, 2.24) is 5.32 Å². The zero-order valence-electron chi connectivity index (χ0n) is 8.29. The van der Waals surface area contributed by atoms with Gasteiger partial charge >= 0.3 is 6.18 Å². The third-order valence-corrected chi connectivity index (χ3v) is 1.76. The molecule has 0 aliphatic rings. The van der Waals surface area contributed by atoms with Gasteiger partial charge in [0.05, 0.1) is 0 Å². The zero-order chi connectivity index (χ0) is 12.8. The molecule has 0 aromatic rings. The van der Waals surface area contributed by atoms with Crippen LogP contribution in [0.25, 0.3) is 0 Å². The molecule has 6 N–H and O–H groups in total. The number of amides is 1. The maximum atomic E-state index is 12.3. The van der Waals surface area contributed by atoms with Crippen LogP contribution in [0.2, 0.25) is 0 Å². The van der Waals surface area contributed by atoms with Crippen molar-refractivity contribution in [3.8, 4) is 0 Å². The van der Waals surface area contributed by atoms with Crippen molar-refractivity contribution in [3.05, 3.63) is 0 Å². The van der Waals surface area contributed by atoms with Crippen LogP contribution in [0.4, 0.5) is 13.2 Å². The third kappa shape index (κ3) is 5.39. The van der Waals surface area contributed by atoms with E-state index in [0.717, 1.165) is 0 Å². The Labute approximate surface area is 89.5 Å². The number of oxime groups is 1. The van der Waals surface area contributed by atoms with E-state index in [0.29, 0.717) is 0 Å². The van der Waals surface area contributed by atoms with E-state index in [-0.39, 0.29) is 13.0 Å². The average molecular weight is 242 g/mol. The highest BCUT2D eigenvalue weighted by Gasteiger charge is 2.42. The molecule has 0 spiro atoms. The van der Waals surface area contributed by atoms with Gasteiger partial charge in [-0.05, 0) is 0 Å². The van der Waals surface area contributed by atoms with E-state index in [9.17, 15) is 18.0 Å². The van der Waals surface area contributed by atoms with Crippen LogP contribution < -0.4 is 16.8 Å². The topological polar surface area (TPSA) is 114 Å². The van der Waals surface area contributed by atoms with Crippen molar-refractivity contribution >= 4 is 11.7 Å². The molecule has 0 saturated heterocycles. The first kappa shape index (κ1) is 14.5. The summed E-state index contributed by atoms with van der Waals surface area (Å²) in [6.07, 6.45) is -4.70. The molecular weight excluding hydrogens is 229 g/mol. The molecule has 94 valence electrons. The number of carbonyl (C=O) groups excluding carboxylic acids is 1. The van der Waals surface area contributed by atoms with Crippen molar-refractivity contribution < 1.29 is 23.2 Å². The van der Waals surface area contributed by atoms with Crippen LogP contribution in [0.5, 0.6) is 0 Å². The minimum Gasteiger partial charge on any atom is -0.409 e. The maximum Gasteiger partial charge on any atom is 0.400 e. The van der Waals surface area contributed by atoms with Gasteiger partial charge in [0.25, 0.3) is 0 Å². The summed E-state index contributed by atoms with van der Waals surface area (Å²) in [5.41, 5.74) is 9.69. The second-order valence-corrected chi connectivity index (χ2v) is 3.04. The van der Waals surface area contributed by atoms with Crippen LogP contribution >= 0.6 is 0 Å². The molecule has 0 rings (SSSR count). The van der Waals surface area contributed by atoms with Gasteiger partial charge in [-0.1, -0.05) is 5.16 Å². The lowest BCUT2D eigenvalue weighted by Gasteiger charge is -2.19. The monoisotopic (exact) mass is 242 g/mol. The van der Waals surface area contributed by atoms with E-state index < -0.39 is 30.4 Å². The summed E-state index contributed by atoms with van der Waals surface area (Å²) in [6, 6.07) is 0. The predicted octanol–water partition coefficient (Wildman–Crippen LogP) is -0.624. The summed E-state index contributed by atoms with van der Waals surface area (Å²) >= 11 is 0. The largest absolute Gasteiger partial charge is 0.409 e. The number of alkyl halides is 3. The van der Waals surface area contributed by atoms with Crippen molar-refractivity contribution in [2.45, 2.75) is 12.6 Å². The zero-order valence-corrected chi connectivity index (χ0v) is 8.29. The Morgan fingerprint density at radius 2 is 2.00 bits per heavy atom. The Bertz CT molecular complexity index is 267. The molecule has 16 heavy (non-hydrogen) atoms. The molecule has 9 heteroatoms. The summed E-state index contributed by atoms with van der Waals surface area (Å²) in [4.78, 5) is 10.3. The highest BCUT2D eigenvalue weighted by Crippen LogP contribution is 2.25. The normalized spacial score (nSPS) is 14.8. The number of amidine groups is 1. The first-order chi connectivity index (χ1) is 7.29. The summed E-state index contributed by atoms with van der Waals surface area (Å²) < 4.78 is 37.0. The molecule has 1 unspecified atom stereocenters. The molecule has 1 atom stereocenters. The van der Waals surface area contributed by atoms with Crippen LogP contribution in [0.3, 0.4) is 0 Å². The number of hydrogen-bond acceptors (Lipinski definition) is 4. The standard InChI is InChI=1S/C7H13F3N4O2/c8-7(9,10)4(6(12)14-16)3-13-2-1-5(11)15/h4,13,16H,1-3H2,(H2,11,15)(H2,12,14). The minimum absolute atomic E-state index is 0.000617. The van der Waals surface area contributed by atoms with Gasteiger partial charge in [0.1, 0.15) is 5.92 Å². The molecule has 0 bridgehead atoms. The quantitative estimate of drug-likeness (QED) is 0.163. The lowest BCUT2D eigenvalue weighted by atomic mass is 10.1. The number of rotatable bonds is 6. The molecule has 0 heterocycles. The number of carbonyl (C=O) groups is 1. The van der Waals surface area contributed by atoms with Crippen LogP contribution in [-0.4, -0.2) is 36.2 Å². The van der Waals surface area contributed by atoms with Gasteiger partial charge in [-0.25, -0.2) is 0 Å². The van der Waals surface area contributed by atoms with E-state index in [2.05, 4.69) is 10.5 Å². The Morgan fingerprint density at radius 3 is 2.38 bits per heavy atom. The third-order valence-electron chi connectivity index (χ3n) is 1.76. The molecule has 0 radical (unpaired) electrons. The van der Waals surface area contributed by atoms with Gasteiger partial charge in [0, 0.05) is 19.5 Å². The fourth-order valence-electron chi connectivity index (χ4n) is 0.916. The summed E-state index contributed by atoms with van der Waals surface area (Å²) in [5.74, 6) is -3.65. The van der Waals surface area contributed by atoms with E-state index in [1.807, 2.05) is 0 Å². The smallest absolute Gasteiger partial charge is 0.400 e. The van der Waals surface area contributed by atoms with Gasteiger partial charge in [-0.2, -0.15) is 13.2 Å². The fourth-order valence-corrected chi connectivity index (χ4v) is 0.916. The summed E-state index contributed by atoms with van der Waals surface area (Å²) in [7, 11) is 0. The van der Waals surface area contributed by atoms with Crippen molar-refractivity contribution in [1.29, 1.82) is 0 Å². The average Bonchev–Trinajstić information content (AvgIpc) is 2.14. The fraction of sp³-hybridized carbons (Fsp3) is 0.714. The number of halogens is 3. The number of nitrogens with one attached hydrogen (secondary N) is 1. The Balaban J connectivity index is 4.20. The van der Waals surface area contributed by atoms with Crippen LogP contribution in [0.1, 0.15) is 6.42 Å². The number of nitrogens with zero attached hydrogens (tertiary/aromatic N) is 1. The lowest BCUT2D eigenvalue weighted by Crippen LogP contribution is -2.43.